The lowest BCUT2D eigenvalue weighted by Gasteiger charge is -2.20. The second kappa shape index (κ2) is 8.91. The van der Waals surface area contributed by atoms with E-state index in [1.807, 2.05) is 30.3 Å². The minimum absolute atomic E-state index is 0.156. The molecular weight excluding hydrogens is 302 g/mol. The lowest BCUT2D eigenvalue weighted by Crippen LogP contribution is -2.27. The number of methoxy groups -OCH3 is 1. The Morgan fingerprint density at radius 3 is 2.54 bits per heavy atom. The Labute approximate surface area is 143 Å². The van der Waals surface area contributed by atoms with Crippen molar-refractivity contribution in [1.29, 1.82) is 0 Å². The molecule has 0 fully saturated rings. The zero-order chi connectivity index (χ0) is 17.4. The summed E-state index contributed by atoms with van der Waals surface area (Å²) < 4.78 is 5.31. The highest BCUT2D eigenvalue weighted by Crippen LogP contribution is 2.17. The van der Waals surface area contributed by atoms with E-state index in [9.17, 15) is 4.79 Å². The van der Waals surface area contributed by atoms with Gasteiger partial charge in [-0.3, -0.25) is 4.79 Å². The van der Waals surface area contributed by atoms with Crippen LogP contribution in [0.2, 0.25) is 0 Å². The van der Waals surface area contributed by atoms with Crippen LogP contribution in [-0.2, 0) is 6.42 Å². The van der Waals surface area contributed by atoms with Crippen LogP contribution in [0.4, 0.5) is 5.69 Å². The number of amides is 1. The number of anilines is 1. The molecule has 1 amide bonds. The zero-order valence-electron chi connectivity index (χ0n) is 14.6. The Kier molecular flexibility index (Phi) is 6.61. The topological polar surface area (TPSA) is 54.5 Å². The Morgan fingerprint density at radius 1 is 1.17 bits per heavy atom. The molecule has 0 aliphatic carbocycles. The summed E-state index contributed by atoms with van der Waals surface area (Å²) in [6.45, 7) is 6.58. The Morgan fingerprint density at radius 2 is 1.92 bits per heavy atom. The fourth-order valence-electron chi connectivity index (χ4n) is 2.61. The van der Waals surface area contributed by atoms with Crippen LogP contribution in [0.5, 0.6) is 5.75 Å². The van der Waals surface area contributed by atoms with Crippen LogP contribution in [0.3, 0.4) is 0 Å². The normalized spacial score (nSPS) is 10.3. The number of aromatic nitrogens is 1. The maximum Gasteiger partial charge on any atom is 0.269 e. The van der Waals surface area contributed by atoms with E-state index in [2.05, 4.69) is 29.0 Å². The number of benzene rings is 1. The second-order valence-corrected chi connectivity index (χ2v) is 5.39. The monoisotopic (exact) mass is 327 g/mol. The van der Waals surface area contributed by atoms with Gasteiger partial charge in [-0.2, -0.15) is 0 Å². The molecule has 1 heterocycles. The van der Waals surface area contributed by atoms with Crippen molar-refractivity contribution in [3.8, 4) is 5.75 Å². The zero-order valence-corrected chi connectivity index (χ0v) is 14.6. The standard InChI is InChI=1S/C19H25N3O2/c1-4-22(5-2)16-10-11-17(21-14-16)19(23)20-13-12-15-8-6-7-9-18(15)24-3/h6-11,14H,4-5,12-13H2,1-3H3,(H,20,23). The van der Waals surface area contributed by atoms with Gasteiger partial charge in [0.25, 0.3) is 5.91 Å². The summed E-state index contributed by atoms with van der Waals surface area (Å²) >= 11 is 0. The fourth-order valence-corrected chi connectivity index (χ4v) is 2.61. The van der Waals surface area contributed by atoms with Gasteiger partial charge < -0.3 is 15.0 Å². The van der Waals surface area contributed by atoms with E-state index < -0.39 is 0 Å². The third-order valence-corrected chi connectivity index (χ3v) is 3.98. The number of pyridine rings is 1. The van der Waals surface area contributed by atoms with E-state index in [4.69, 9.17) is 4.74 Å². The summed E-state index contributed by atoms with van der Waals surface area (Å²) in [7, 11) is 1.65. The van der Waals surface area contributed by atoms with Gasteiger partial charge in [0, 0.05) is 19.6 Å². The van der Waals surface area contributed by atoms with Crippen molar-refractivity contribution in [3.63, 3.8) is 0 Å². The molecule has 24 heavy (non-hydrogen) atoms. The Bertz CT molecular complexity index is 652. The summed E-state index contributed by atoms with van der Waals surface area (Å²) in [5.74, 6) is 0.685. The molecule has 0 saturated carbocycles. The van der Waals surface area contributed by atoms with Gasteiger partial charge in [0.05, 0.1) is 19.0 Å². The first-order valence-corrected chi connectivity index (χ1v) is 8.30. The fraction of sp³-hybridized carbons (Fsp3) is 0.368. The highest BCUT2D eigenvalue weighted by Gasteiger charge is 2.09. The molecule has 0 unspecified atom stereocenters. The molecule has 0 aliphatic heterocycles. The predicted molar refractivity (Wildman–Crippen MR) is 96.8 cm³/mol. The number of rotatable bonds is 8. The van der Waals surface area contributed by atoms with E-state index in [0.29, 0.717) is 18.7 Å². The van der Waals surface area contributed by atoms with Crippen molar-refractivity contribution in [2.24, 2.45) is 0 Å². The molecule has 1 aromatic carbocycles. The molecule has 0 radical (unpaired) electrons. The summed E-state index contributed by atoms with van der Waals surface area (Å²) in [6, 6.07) is 11.5. The van der Waals surface area contributed by atoms with Crippen LogP contribution in [0.15, 0.2) is 42.6 Å². The van der Waals surface area contributed by atoms with Gasteiger partial charge in [0.15, 0.2) is 0 Å². The largest absolute Gasteiger partial charge is 0.496 e. The molecule has 0 atom stereocenters. The predicted octanol–water partition coefficient (Wildman–Crippen LogP) is 2.91. The van der Waals surface area contributed by atoms with Crippen LogP contribution < -0.4 is 15.0 Å². The SMILES string of the molecule is CCN(CC)c1ccc(C(=O)NCCc2ccccc2OC)nc1. The van der Waals surface area contributed by atoms with Crippen LogP contribution in [-0.4, -0.2) is 37.6 Å². The smallest absolute Gasteiger partial charge is 0.269 e. The summed E-state index contributed by atoms with van der Waals surface area (Å²) in [6.07, 6.45) is 2.47. The first-order valence-electron chi connectivity index (χ1n) is 8.30. The van der Waals surface area contributed by atoms with Crippen LogP contribution >= 0.6 is 0 Å². The molecule has 0 saturated heterocycles. The number of carbonyl (C=O) groups is 1. The molecule has 1 aromatic heterocycles. The quantitative estimate of drug-likeness (QED) is 0.810. The molecular formula is C19H25N3O2. The summed E-state index contributed by atoms with van der Waals surface area (Å²) in [4.78, 5) is 18.7. The molecule has 1 N–H and O–H groups in total. The number of para-hydroxylation sites is 1. The van der Waals surface area contributed by atoms with Crippen LogP contribution in [0.25, 0.3) is 0 Å². The molecule has 0 aliphatic rings. The number of nitrogens with zero attached hydrogens (tertiary/aromatic N) is 2. The molecule has 0 bridgehead atoms. The van der Waals surface area contributed by atoms with Gasteiger partial charge >= 0.3 is 0 Å². The van der Waals surface area contributed by atoms with E-state index in [1.54, 1.807) is 19.4 Å². The lowest BCUT2D eigenvalue weighted by molar-refractivity contribution is 0.0949. The van der Waals surface area contributed by atoms with Gasteiger partial charge in [0.2, 0.25) is 0 Å². The maximum atomic E-state index is 12.2. The number of hydrogen-bond donors (Lipinski definition) is 1. The van der Waals surface area contributed by atoms with Crippen LogP contribution in [0.1, 0.15) is 29.9 Å². The summed E-state index contributed by atoms with van der Waals surface area (Å²) in [5.41, 5.74) is 2.54. The molecule has 2 aromatic rings. The van der Waals surface area contributed by atoms with Crippen molar-refractivity contribution in [2.45, 2.75) is 20.3 Å². The molecule has 5 heteroatoms. The third-order valence-electron chi connectivity index (χ3n) is 3.98. The number of hydrogen-bond acceptors (Lipinski definition) is 4. The molecule has 128 valence electrons. The van der Waals surface area contributed by atoms with Crippen molar-refractivity contribution in [2.75, 3.05) is 31.6 Å². The first-order chi connectivity index (χ1) is 11.7. The maximum absolute atomic E-state index is 12.2. The minimum Gasteiger partial charge on any atom is -0.496 e. The average Bonchev–Trinajstić information content (AvgIpc) is 2.63. The molecule has 0 spiro atoms. The van der Waals surface area contributed by atoms with E-state index in [0.717, 1.165) is 30.1 Å². The molecule has 5 nitrogen and oxygen atoms in total. The van der Waals surface area contributed by atoms with Crippen molar-refractivity contribution in [1.82, 2.24) is 10.3 Å². The van der Waals surface area contributed by atoms with Crippen LogP contribution in [0, 0.1) is 0 Å². The van der Waals surface area contributed by atoms with E-state index in [-0.39, 0.29) is 5.91 Å². The lowest BCUT2D eigenvalue weighted by atomic mass is 10.1. The van der Waals surface area contributed by atoms with Crippen molar-refractivity contribution < 1.29 is 9.53 Å². The Balaban J connectivity index is 1.90. The van der Waals surface area contributed by atoms with E-state index in [1.165, 1.54) is 0 Å². The van der Waals surface area contributed by atoms with E-state index >= 15 is 0 Å². The van der Waals surface area contributed by atoms with Crippen molar-refractivity contribution in [3.05, 3.63) is 53.9 Å². The van der Waals surface area contributed by atoms with Gasteiger partial charge in [-0.25, -0.2) is 4.98 Å². The van der Waals surface area contributed by atoms with Gasteiger partial charge in [-0.15, -0.1) is 0 Å². The number of ether oxygens (including phenoxy) is 1. The summed E-state index contributed by atoms with van der Waals surface area (Å²) in [5, 5.41) is 2.90. The number of carbonyl (C=O) groups excluding carboxylic acids is 1. The molecule has 2 rings (SSSR count). The third kappa shape index (κ3) is 4.47. The van der Waals surface area contributed by atoms with Gasteiger partial charge in [0.1, 0.15) is 11.4 Å². The highest BCUT2D eigenvalue weighted by molar-refractivity contribution is 5.92. The minimum atomic E-state index is -0.156. The van der Waals surface area contributed by atoms with Gasteiger partial charge in [-0.1, -0.05) is 18.2 Å². The highest BCUT2D eigenvalue weighted by atomic mass is 16.5. The van der Waals surface area contributed by atoms with Crippen molar-refractivity contribution >= 4 is 11.6 Å². The first kappa shape index (κ1) is 17.8. The number of nitrogens with one attached hydrogen (secondary N) is 1. The van der Waals surface area contributed by atoms with Gasteiger partial charge in [-0.05, 0) is 44.0 Å². The Hall–Kier alpha value is -2.56. The second-order valence-electron chi connectivity index (χ2n) is 5.39. The average molecular weight is 327 g/mol.